The fraction of sp³-hybridized carbons (Fsp3) is 0.231. The second-order valence-corrected chi connectivity index (χ2v) is 5.91. The van der Waals surface area contributed by atoms with Crippen LogP contribution in [0.25, 0.3) is 0 Å². The molecule has 0 saturated heterocycles. The summed E-state index contributed by atoms with van der Waals surface area (Å²) in [6.45, 7) is 1.15. The molecule has 1 unspecified atom stereocenters. The molecule has 0 bridgehead atoms. The third kappa shape index (κ3) is 2.36. The lowest BCUT2D eigenvalue weighted by Gasteiger charge is -2.24. The number of para-hydroxylation sites is 1. The summed E-state index contributed by atoms with van der Waals surface area (Å²) < 4.78 is 12.4. The molecule has 1 aliphatic rings. The number of fused-ring (bicyclic) bond motifs is 1. The maximum atomic E-state index is 5.74. The molecule has 1 atom stereocenters. The van der Waals surface area contributed by atoms with Crippen molar-refractivity contribution in [3.63, 3.8) is 0 Å². The van der Waals surface area contributed by atoms with Gasteiger partial charge in [-0.2, -0.15) is 0 Å². The first-order chi connectivity index (χ1) is 9.31. The number of halogens is 1. The largest absolute Gasteiger partial charge is 0.486 e. The van der Waals surface area contributed by atoms with Gasteiger partial charge in [0.25, 0.3) is 0 Å². The lowest BCUT2D eigenvalue weighted by molar-refractivity contribution is 0.169. The van der Waals surface area contributed by atoms with Crippen LogP contribution in [0.2, 0.25) is 0 Å². The van der Waals surface area contributed by atoms with Crippen LogP contribution in [0, 0.1) is 0 Å². The fourth-order valence-electron chi connectivity index (χ4n) is 2.14. The number of hydrogen-bond acceptors (Lipinski definition) is 5. The maximum Gasteiger partial charge on any atom is 0.166 e. The number of hydrazine groups is 1. The van der Waals surface area contributed by atoms with Gasteiger partial charge in [0.15, 0.2) is 11.5 Å². The highest BCUT2D eigenvalue weighted by Crippen LogP contribution is 2.41. The Balaban J connectivity index is 2.07. The topological polar surface area (TPSA) is 56.5 Å². The molecule has 1 aliphatic heterocycles. The SMILES string of the molecule is NNC(c1cccc2c1OCCO2)c1sccc1Br. The van der Waals surface area contributed by atoms with Crippen LogP contribution in [0.3, 0.4) is 0 Å². The van der Waals surface area contributed by atoms with E-state index in [1.807, 2.05) is 29.6 Å². The quantitative estimate of drug-likeness (QED) is 0.666. The molecule has 0 saturated carbocycles. The van der Waals surface area contributed by atoms with E-state index < -0.39 is 0 Å². The van der Waals surface area contributed by atoms with Crippen LogP contribution in [0.5, 0.6) is 11.5 Å². The molecule has 1 aromatic heterocycles. The summed E-state index contributed by atoms with van der Waals surface area (Å²) in [5, 5.41) is 2.02. The Hall–Kier alpha value is -1.08. The summed E-state index contributed by atoms with van der Waals surface area (Å²) in [6.07, 6.45) is 0. The molecule has 1 aromatic carbocycles. The van der Waals surface area contributed by atoms with Gasteiger partial charge in [0.05, 0.1) is 6.04 Å². The summed E-state index contributed by atoms with van der Waals surface area (Å²) in [6, 6.07) is 7.76. The Morgan fingerprint density at radius 2 is 2.11 bits per heavy atom. The van der Waals surface area contributed by atoms with E-state index in [0.29, 0.717) is 13.2 Å². The van der Waals surface area contributed by atoms with E-state index in [9.17, 15) is 0 Å². The van der Waals surface area contributed by atoms with E-state index >= 15 is 0 Å². The van der Waals surface area contributed by atoms with Crippen molar-refractivity contribution in [1.82, 2.24) is 5.43 Å². The number of nitrogens with one attached hydrogen (secondary N) is 1. The Morgan fingerprint density at radius 1 is 1.26 bits per heavy atom. The van der Waals surface area contributed by atoms with Gasteiger partial charge < -0.3 is 9.47 Å². The van der Waals surface area contributed by atoms with Crippen LogP contribution in [0.15, 0.2) is 34.1 Å². The van der Waals surface area contributed by atoms with Crippen molar-refractivity contribution in [2.75, 3.05) is 13.2 Å². The molecule has 4 nitrogen and oxygen atoms in total. The summed E-state index contributed by atoms with van der Waals surface area (Å²) in [7, 11) is 0. The van der Waals surface area contributed by atoms with Crippen LogP contribution >= 0.6 is 27.3 Å². The Kier molecular flexibility index (Phi) is 3.74. The summed E-state index contributed by atoms with van der Waals surface area (Å²) in [5.41, 5.74) is 3.85. The maximum absolute atomic E-state index is 5.74. The molecular weight excluding hydrogens is 328 g/mol. The van der Waals surface area contributed by atoms with E-state index in [4.69, 9.17) is 15.3 Å². The first-order valence-electron chi connectivity index (χ1n) is 5.89. The highest BCUT2D eigenvalue weighted by atomic mass is 79.9. The van der Waals surface area contributed by atoms with Crippen molar-refractivity contribution in [2.24, 2.45) is 5.84 Å². The van der Waals surface area contributed by atoms with Crippen molar-refractivity contribution in [2.45, 2.75) is 6.04 Å². The monoisotopic (exact) mass is 340 g/mol. The molecule has 6 heteroatoms. The van der Waals surface area contributed by atoms with Gasteiger partial charge in [-0.1, -0.05) is 12.1 Å². The highest BCUT2D eigenvalue weighted by molar-refractivity contribution is 9.10. The minimum absolute atomic E-state index is 0.119. The fourth-order valence-corrected chi connectivity index (χ4v) is 3.82. The average molecular weight is 341 g/mol. The predicted molar refractivity (Wildman–Crippen MR) is 78.6 cm³/mol. The molecule has 100 valence electrons. The molecule has 0 radical (unpaired) electrons. The van der Waals surface area contributed by atoms with E-state index in [1.165, 1.54) is 0 Å². The standard InChI is InChI=1S/C13H13BrN2O2S/c14-9-4-7-19-13(9)11(16-15)8-2-1-3-10-12(8)18-6-5-17-10/h1-4,7,11,16H,5-6,15H2. The van der Waals surface area contributed by atoms with Gasteiger partial charge >= 0.3 is 0 Å². The normalized spacial score (nSPS) is 15.3. The van der Waals surface area contributed by atoms with Gasteiger partial charge in [-0.05, 0) is 33.4 Å². The van der Waals surface area contributed by atoms with Crippen molar-refractivity contribution in [3.05, 3.63) is 44.6 Å². The second kappa shape index (κ2) is 5.50. The molecule has 0 spiro atoms. The third-order valence-corrected chi connectivity index (χ3v) is 4.92. The van der Waals surface area contributed by atoms with Crippen LogP contribution in [0.1, 0.15) is 16.5 Å². The second-order valence-electron chi connectivity index (χ2n) is 4.10. The lowest BCUT2D eigenvalue weighted by atomic mass is 10.0. The lowest BCUT2D eigenvalue weighted by Crippen LogP contribution is -2.29. The summed E-state index contributed by atoms with van der Waals surface area (Å²) >= 11 is 5.19. The highest BCUT2D eigenvalue weighted by Gasteiger charge is 2.24. The first kappa shape index (κ1) is 12.9. The van der Waals surface area contributed by atoms with Crippen LogP contribution in [-0.2, 0) is 0 Å². The Bertz CT molecular complexity index is 588. The smallest absolute Gasteiger partial charge is 0.166 e. The van der Waals surface area contributed by atoms with Crippen molar-refractivity contribution < 1.29 is 9.47 Å². The summed E-state index contributed by atoms with van der Waals surface area (Å²) in [5.74, 6) is 7.29. The zero-order valence-corrected chi connectivity index (χ0v) is 12.5. The van der Waals surface area contributed by atoms with Gasteiger partial charge in [-0.25, -0.2) is 5.43 Å². The van der Waals surface area contributed by atoms with Gasteiger partial charge in [0.1, 0.15) is 13.2 Å². The van der Waals surface area contributed by atoms with E-state index in [2.05, 4.69) is 21.4 Å². The third-order valence-electron chi connectivity index (χ3n) is 2.98. The van der Waals surface area contributed by atoms with E-state index in [1.54, 1.807) is 11.3 Å². The number of ether oxygens (including phenoxy) is 2. The molecule has 0 amide bonds. The predicted octanol–water partition coefficient (Wildman–Crippen LogP) is 2.83. The molecule has 0 aliphatic carbocycles. The number of thiophene rings is 1. The average Bonchev–Trinajstić information content (AvgIpc) is 2.86. The van der Waals surface area contributed by atoms with Crippen molar-refractivity contribution >= 4 is 27.3 Å². The van der Waals surface area contributed by atoms with E-state index in [0.717, 1.165) is 26.4 Å². The molecule has 2 heterocycles. The molecule has 0 fully saturated rings. The minimum Gasteiger partial charge on any atom is -0.486 e. The van der Waals surface area contributed by atoms with Crippen LogP contribution < -0.4 is 20.7 Å². The van der Waals surface area contributed by atoms with Crippen LogP contribution in [-0.4, -0.2) is 13.2 Å². The zero-order valence-electron chi connectivity index (χ0n) is 10.1. The van der Waals surface area contributed by atoms with Crippen LogP contribution in [0.4, 0.5) is 0 Å². The molecule has 2 aromatic rings. The minimum atomic E-state index is -0.119. The molecule has 3 rings (SSSR count). The van der Waals surface area contributed by atoms with Gasteiger partial charge in [-0.15, -0.1) is 11.3 Å². The Labute approximate surface area is 123 Å². The number of rotatable bonds is 3. The zero-order chi connectivity index (χ0) is 13.2. The number of nitrogens with two attached hydrogens (primary N) is 1. The van der Waals surface area contributed by atoms with Crippen molar-refractivity contribution in [1.29, 1.82) is 0 Å². The van der Waals surface area contributed by atoms with E-state index in [-0.39, 0.29) is 6.04 Å². The Morgan fingerprint density at radius 3 is 2.84 bits per heavy atom. The first-order valence-corrected chi connectivity index (χ1v) is 7.56. The summed E-state index contributed by atoms with van der Waals surface area (Å²) in [4.78, 5) is 1.12. The number of benzene rings is 1. The van der Waals surface area contributed by atoms with Crippen molar-refractivity contribution in [3.8, 4) is 11.5 Å². The van der Waals surface area contributed by atoms with Gasteiger partial charge in [0.2, 0.25) is 0 Å². The van der Waals surface area contributed by atoms with Gasteiger partial charge in [0, 0.05) is 14.9 Å². The molecule has 3 N–H and O–H groups in total. The number of hydrogen-bond donors (Lipinski definition) is 2. The van der Waals surface area contributed by atoms with Gasteiger partial charge in [-0.3, -0.25) is 5.84 Å². The molecular formula is C13H13BrN2O2S. The molecule has 19 heavy (non-hydrogen) atoms.